The standard InChI is InChI=1S/C19H14N4O4S2/c1-3-10-22-15-7-4-13(20-12(2)24)11-16(15)29-19(22)21-17(25)8-5-14-6-9-18(28-14)23(26)27/h1,4-9,11H,10H2,2H3,(H,20,24)/b8-5-,21-19?. The number of aromatic nitrogens is 1. The fourth-order valence-corrected chi connectivity index (χ4v) is 4.30. The summed E-state index contributed by atoms with van der Waals surface area (Å²) >= 11 is 2.24. The molecule has 146 valence electrons. The number of carbonyl (C=O) groups excluding carboxylic acids is 2. The summed E-state index contributed by atoms with van der Waals surface area (Å²) in [5.41, 5.74) is 1.43. The van der Waals surface area contributed by atoms with E-state index in [0.29, 0.717) is 15.4 Å². The van der Waals surface area contributed by atoms with E-state index < -0.39 is 10.8 Å². The van der Waals surface area contributed by atoms with Crippen molar-refractivity contribution in [2.75, 3.05) is 5.32 Å². The SMILES string of the molecule is C#CCn1c(=NC(=O)/C=C\c2ccc([N+](=O)[O-])s2)sc2cc(NC(C)=O)ccc21. The Morgan fingerprint density at radius 3 is 2.79 bits per heavy atom. The molecule has 0 fully saturated rings. The number of nitrogens with zero attached hydrogens (tertiary/aromatic N) is 3. The van der Waals surface area contributed by atoms with Gasteiger partial charge in [-0.05, 0) is 30.3 Å². The lowest BCUT2D eigenvalue weighted by Crippen LogP contribution is -2.15. The Kier molecular flexibility index (Phi) is 6.01. The van der Waals surface area contributed by atoms with Gasteiger partial charge in [0.2, 0.25) is 5.91 Å². The maximum atomic E-state index is 12.3. The first kappa shape index (κ1) is 20.2. The summed E-state index contributed by atoms with van der Waals surface area (Å²) < 4.78 is 2.55. The molecule has 2 heterocycles. The molecule has 2 amide bonds. The fraction of sp³-hybridized carbons (Fsp3) is 0.105. The first-order valence-corrected chi connectivity index (χ1v) is 9.86. The Morgan fingerprint density at radius 1 is 1.34 bits per heavy atom. The highest BCUT2D eigenvalue weighted by Crippen LogP contribution is 2.25. The van der Waals surface area contributed by atoms with E-state index in [9.17, 15) is 19.7 Å². The lowest BCUT2D eigenvalue weighted by molar-refractivity contribution is -0.380. The number of thiazole rings is 1. The molecule has 3 rings (SSSR count). The van der Waals surface area contributed by atoms with E-state index in [0.717, 1.165) is 21.6 Å². The van der Waals surface area contributed by atoms with Gasteiger partial charge in [-0.15, -0.1) is 6.42 Å². The Morgan fingerprint density at radius 2 is 2.14 bits per heavy atom. The monoisotopic (exact) mass is 426 g/mol. The average Bonchev–Trinajstić information content (AvgIpc) is 3.25. The van der Waals surface area contributed by atoms with E-state index in [-0.39, 0.29) is 17.5 Å². The van der Waals surface area contributed by atoms with E-state index >= 15 is 0 Å². The molecule has 2 aromatic heterocycles. The van der Waals surface area contributed by atoms with E-state index in [4.69, 9.17) is 6.42 Å². The predicted molar refractivity (Wildman–Crippen MR) is 114 cm³/mol. The molecule has 8 nitrogen and oxygen atoms in total. The number of hydrogen-bond acceptors (Lipinski definition) is 6. The molecule has 0 saturated carbocycles. The zero-order valence-electron chi connectivity index (χ0n) is 15.1. The number of amides is 2. The second-order valence-corrected chi connectivity index (χ2v) is 7.86. The first-order chi connectivity index (χ1) is 13.9. The number of fused-ring (bicyclic) bond motifs is 1. The van der Waals surface area contributed by atoms with Crippen LogP contribution in [0.1, 0.15) is 11.8 Å². The smallest absolute Gasteiger partial charge is 0.324 e. The molecule has 0 atom stereocenters. The maximum Gasteiger partial charge on any atom is 0.324 e. The second kappa shape index (κ2) is 8.64. The van der Waals surface area contributed by atoms with Gasteiger partial charge < -0.3 is 9.88 Å². The molecule has 1 aromatic carbocycles. The van der Waals surface area contributed by atoms with Crippen LogP contribution in [0.3, 0.4) is 0 Å². The summed E-state index contributed by atoms with van der Waals surface area (Å²) in [7, 11) is 0. The largest absolute Gasteiger partial charge is 0.326 e. The summed E-state index contributed by atoms with van der Waals surface area (Å²) in [6, 6.07) is 8.29. The Balaban J connectivity index is 1.94. The highest BCUT2D eigenvalue weighted by atomic mass is 32.1. The molecule has 0 unspecified atom stereocenters. The third-order valence-corrected chi connectivity index (χ3v) is 5.68. The molecule has 0 aliphatic rings. The van der Waals surface area contributed by atoms with Crippen molar-refractivity contribution < 1.29 is 14.5 Å². The number of benzene rings is 1. The van der Waals surface area contributed by atoms with Gasteiger partial charge in [0.15, 0.2) is 4.80 Å². The van der Waals surface area contributed by atoms with Crippen molar-refractivity contribution >= 4 is 61.5 Å². The van der Waals surface area contributed by atoms with Gasteiger partial charge in [-0.2, -0.15) is 4.99 Å². The molecule has 0 aliphatic heterocycles. The number of thiophene rings is 1. The molecule has 0 saturated heterocycles. The number of carbonyl (C=O) groups is 2. The van der Waals surface area contributed by atoms with E-state index in [2.05, 4.69) is 16.2 Å². The maximum absolute atomic E-state index is 12.3. The van der Waals surface area contributed by atoms with Crippen molar-refractivity contribution in [2.45, 2.75) is 13.5 Å². The quantitative estimate of drug-likeness (QED) is 0.292. The average molecular weight is 426 g/mol. The lowest BCUT2D eigenvalue weighted by atomic mass is 10.3. The van der Waals surface area contributed by atoms with Gasteiger partial charge in [0, 0.05) is 29.6 Å². The van der Waals surface area contributed by atoms with Crippen molar-refractivity contribution in [3.63, 3.8) is 0 Å². The van der Waals surface area contributed by atoms with Crippen LogP contribution in [0.4, 0.5) is 10.7 Å². The van der Waals surface area contributed by atoms with E-state index in [1.54, 1.807) is 28.8 Å². The Labute approximate surface area is 173 Å². The minimum atomic E-state index is -0.513. The van der Waals surface area contributed by atoms with Gasteiger partial charge >= 0.3 is 5.00 Å². The Bertz CT molecular complexity index is 1260. The summed E-state index contributed by atoms with van der Waals surface area (Å²) in [6.45, 7) is 1.65. The van der Waals surface area contributed by atoms with Crippen LogP contribution in [0.5, 0.6) is 0 Å². The Hall–Kier alpha value is -3.55. The van der Waals surface area contributed by atoms with Gasteiger partial charge in [-0.25, -0.2) is 0 Å². The number of hydrogen-bond donors (Lipinski definition) is 1. The van der Waals surface area contributed by atoms with Crippen molar-refractivity contribution in [3.05, 3.63) is 56.2 Å². The van der Waals surface area contributed by atoms with Crippen LogP contribution in [-0.2, 0) is 16.1 Å². The van der Waals surface area contributed by atoms with Crippen molar-refractivity contribution in [1.29, 1.82) is 0 Å². The van der Waals surface area contributed by atoms with Crippen LogP contribution >= 0.6 is 22.7 Å². The molecule has 10 heteroatoms. The number of nitrogens with one attached hydrogen (secondary N) is 1. The number of rotatable bonds is 5. The molecule has 0 spiro atoms. The van der Waals surface area contributed by atoms with Crippen LogP contribution in [-0.4, -0.2) is 21.3 Å². The summed E-state index contributed by atoms with van der Waals surface area (Å²) in [4.78, 5) is 38.9. The molecule has 3 aromatic rings. The summed E-state index contributed by atoms with van der Waals surface area (Å²) in [5, 5.41) is 13.4. The van der Waals surface area contributed by atoms with Crippen LogP contribution in [0.2, 0.25) is 0 Å². The molecule has 0 bridgehead atoms. The summed E-state index contributed by atoms with van der Waals surface area (Å²) in [6.07, 6.45) is 8.19. The third-order valence-electron chi connectivity index (χ3n) is 3.64. The molecular weight excluding hydrogens is 412 g/mol. The first-order valence-electron chi connectivity index (χ1n) is 8.23. The van der Waals surface area contributed by atoms with E-state index in [1.165, 1.54) is 36.5 Å². The van der Waals surface area contributed by atoms with Gasteiger partial charge in [0.1, 0.15) is 0 Å². The van der Waals surface area contributed by atoms with Gasteiger partial charge in [0.25, 0.3) is 5.91 Å². The zero-order valence-corrected chi connectivity index (χ0v) is 16.8. The number of terminal acetylenes is 1. The second-order valence-electron chi connectivity index (χ2n) is 5.76. The highest BCUT2D eigenvalue weighted by Gasteiger charge is 2.09. The van der Waals surface area contributed by atoms with Crippen molar-refractivity contribution in [1.82, 2.24) is 4.57 Å². The zero-order chi connectivity index (χ0) is 21.0. The summed E-state index contributed by atoms with van der Waals surface area (Å²) in [5.74, 6) is 1.85. The number of anilines is 1. The topological polar surface area (TPSA) is 107 Å². The lowest BCUT2D eigenvalue weighted by Gasteiger charge is -2.03. The van der Waals surface area contributed by atoms with Gasteiger partial charge in [0.05, 0.1) is 21.7 Å². The minimum absolute atomic E-state index is 0.000352. The third kappa shape index (κ3) is 4.84. The molecule has 1 N–H and O–H groups in total. The normalized spacial score (nSPS) is 11.7. The number of nitro groups is 1. The van der Waals surface area contributed by atoms with Crippen molar-refractivity contribution in [3.8, 4) is 12.3 Å². The molecule has 0 aliphatic carbocycles. The predicted octanol–water partition coefficient (Wildman–Crippen LogP) is 3.40. The van der Waals surface area contributed by atoms with Gasteiger partial charge in [-0.3, -0.25) is 19.7 Å². The van der Waals surface area contributed by atoms with Crippen LogP contribution in [0.25, 0.3) is 16.3 Å². The minimum Gasteiger partial charge on any atom is -0.326 e. The van der Waals surface area contributed by atoms with Crippen molar-refractivity contribution in [2.24, 2.45) is 4.99 Å². The van der Waals surface area contributed by atoms with Crippen LogP contribution in [0, 0.1) is 22.5 Å². The fourth-order valence-electron chi connectivity index (χ4n) is 2.50. The van der Waals surface area contributed by atoms with Crippen LogP contribution in [0.15, 0.2) is 41.4 Å². The molecular formula is C19H14N4O4S2. The molecule has 29 heavy (non-hydrogen) atoms. The van der Waals surface area contributed by atoms with E-state index in [1.807, 2.05) is 0 Å². The van der Waals surface area contributed by atoms with Gasteiger partial charge in [-0.1, -0.05) is 28.6 Å². The highest BCUT2D eigenvalue weighted by molar-refractivity contribution is 7.16. The molecule has 0 radical (unpaired) electrons. The van der Waals surface area contributed by atoms with Crippen LogP contribution < -0.4 is 10.1 Å².